The molecule has 0 radical (unpaired) electrons. The maximum Gasteiger partial charge on any atom is 0.455 e. The van der Waals surface area contributed by atoms with Gasteiger partial charge in [0.2, 0.25) is 0 Å². The van der Waals surface area contributed by atoms with Gasteiger partial charge in [-0.05, 0) is 27.2 Å². The van der Waals surface area contributed by atoms with Crippen LogP contribution in [0.2, 0.25) is 5.82 Å². The number of rotatable bonds is 2. The van der Waals surface area contributed by atoms with Crippen molar-refractivity contribution in [2.24, 2.45) is 5.92 Å². The SMILES string of the molecule is CC(C)(C)OC(=O)[C@@H]1C[C@H]1B(O)O. The lowest BCUT2D eigenvalue weighted by molar-refractivity contribution is -0.156. The Morgan fingerprint density at radius 3 is 2.31 bits per heavy atom. The van der Waals surface area contributed by atoms with Gasteiger partial charge < -0.3 is 14.8 Å². The minimum Gasteiger partial charge on any atom is -0.460 e. The van der Waals surface area contributed by atoms with Crippen LogP contribution in [0.3, 0.4) is 0 Å². The average Bonchev–Trinajstić information content (AvgIpc) is 2.58. The van der Waals surface area contributed by atoms with Gasteiger partial charge in [-0.25, -0.2) is 0 Å². The third-order valence-corrected chi connectivity index (χ3v) is 1.93. The van der Waals surface area contributed by atoms with Crippen molar-refractivity contribution in [2.45, 2.75) is 38.6 Å². The molecule has 0 aromatic rings. The third kappa shape index (κ3) is 3.01. The summed E-state index contributed by atoms with van der Waals surface area (Å²) in [4.78, 5) is 11.3. The van der Waals surface area contributed by atoms with Gasteiger partial charge in [-0.3, -0.25) is 4.79 Å². The summed E-state index contributed by atoms with van der Waals surface area (Å²) in [6.07, 6.45) is 0.520. The van der Waals surface area contributed by atoms with Gasteiger partial charge in [0.1, 0.15) is 5.60 Å². The molecule has 0 bridgehead atoms. The summed E-state index contributed by atoms with van der Waals surface area (Å²) in [7, 11) is -1.39. The number of esters is 1. The molecule has 0 unspecified atom stereocenters. The van der Waals surface area contributed by atoms with E-state index in [0.717, 1.165) is 0 Å². The smallest absolute Gasteiger partial charge is 0.455 e. The van der Waals surface area contributed by atoms with Crippen molar-refractivity contribution in [1.29, 1.82) is 0 Å². The zero-order valence-corrected chi connectivity index (χ0v) is 8.15. The maximum atomic E-state index is 11.3. The van der Waals surface area contributed by atoms with Gasteiger partial charge >= 0.3 is 13.1 Å². The highest BCUT2D eigenvalue weighted by Gasteiger charge is 2.51. The summed E-state index contributed by atoms with van der Waals surface area (Å²) < 4.78 is 5.08. The Hall–Kier alpha value is -0.545. The second kappa shape index (κ2) is 3.31. The molecule has 0 saturated heterocycles. The van der Waals surface area contributed by atoms with Crippen LogP contribution in [0.4, 0.5) is 0 Å². The monoisotopic (exact) mass is 186 g/mol. The van der Waals surface area contributed by atoms with E-state index >= 15 is 0 Å². The summed E-state index contributed by atoms with van der Waals surface area (Å²) in [6.45, 7) is 5.37. The van der Waals surface area contributed by atoms with Crippen LogP contribution in [-0.4, -0.2) is 28.7 Å². The van der Waals surface area contributed by atoms with Crippen LogP contribution in [0.5, 0.6) is 0 Å². The van der Waals surface area contributed by atoms with Crippen LogP contribution < -0.4 is 0 Å². The first-order chi connectivity index (χ1) is 5.81. The highest BCUT2D eigenvalue weighted by Crippen LogP contribution is 2.47. The number of ether oxygens (including phenoxy) is 1. The van der Waals surface area contributed by atoms with Crippen molar-refractivity contribution in [1.82, 2.24) is 0 Å². The lowest BCUT2D eigenvalue weighted by Gasteiger charge is -2.19. The normalized spacial score (nSPS) is 26.8. The lowest BCUT2D eigenvalue weighted by atomic mass is 9.82. The minimum absolute atomic E-state index is 0.320. The molecular weight excluding hydrogens is 171 g/mol. The first-order valence-corrected chi connectivity index (χ1v) is 4.40. The van der Waals surface area contributed by atoms with E-state index in [1.807, 2.05) is 0 Å². The van der Waals surface area contributed by atoms with E-state index in [2.05, 4.69) is 0 Å². The standard InChI is InChI=1S/C8H15BO4/c1-8(2,3)13-7(10)5-4-6(5)9(11)12/h5-6,11-12H,4H2,1-3H3/t5-,6-/m1/s1. The van der Waals surface area contributed by atoms with E-state index in [9.17, 15) is 4.79 Å². The molecule has 0 amide bonds. The molecule has 1 rings (SSSR count). The van der Waals surface area contributed by atoms with Gasteiger partial charge in [0.15, 0.2) is 0 Å². The Labute approximate surface area is 78.0 Å². The number of hydrogen-bond donors (Lipinski definition) is 2. The van der Waals surface area contributed by atoms with Crippen LogP contribution in [0.15, 0.2) is 0 Å². The molecule has 0 aromatic heterocycles. The molecule has 0 aliphatic heterocycles. The largest absolute Gasteiger partial charge is 0.460 e. The summed E-state index contributed by atoms with van der Waals surface area (Å²) in [5.74, 6) is -0.973. The van der Waals surface area contributed by atoms with Crippen molar-refractivity contribution in [3.8, 4) is 0 Å². The van der Waals surface area contributed by atoms with E-state index in [0.29, 0.717) is 6.42 Å². The molecule has 1 fully saturated rings. The van der Waals surface area contributed by atoms with Gasteiger partial charge in [-0.2, -0.15) is 0 Å². The Bertz CT molecular complexity index is 209. The van der Waals surface area contributed by atoms with E-state index in [1.54, 1.807) is 20.8 Å². The molecule has 1 aliphatic carbocycles. The molecule has 4 nitrogen and oxygen atoms in total. The van der Waals surface area contributed by atoms with Crippen molar-refractivity contribution >= 4 is 13.1 Å². The van der Waals surface area contributed by atoms with Gasteiger partial charge in [-0.15, -0.1) is 0 Å². The average molecular weight is 186 g/mol. The van der Waals surface area contributed by atoms with E-state index in [4.69, 9.17) is 14.8 Å². The molecule has 2 N–H and O–H groups in total. The molecule has 5 heteroatoms. The topological polar surface area (TPSA) is 66.8 Å². The van der Waals surface area contributed by atoms with Gasteiger partial charge in [0.05, 0.1) is 5.92 Å². The predicted octanol–water partition coefficient (Wildman–Crippen LogP) is 0.191. The zero-order chi connectivity index (χ0) is 10.2. The molecule has 0 aromatic carbocycles. The quantitative estimate of drug-likeness (QED) is 0.477. The van der Waals surface area contributed by atoms with Crippen LogP contribution in [0, 0.1) is 5.92 Å². The molecule has 2 atom stereocenters. The predicted molar refractivity (Wildman–Crippen MR) is 47.9 cm³/mol. The fourth-order valence-electron chi connectivity index (χ4n) is 1.19. The Morgan fingerprint density at radius 2 is 2.00 bits per heavy atom. The van der Waals surface area contributed by atoms with E-state index in [-0.39, 0.29) is 17.7 Å². The number of hydrogen-bond acceptors (Lipinski definition) is 4. The van der Waals surface area contributed by atoms with E-state index in [1.165, 1.54) is 0 Å². The highest BCUT2D eigenvalue weighted by atomic mass is 16.6. The second-order valence-electron chi connectivity index (χ2n) is 4.45. The Morgan fingerprint density at radius 1 is 1.46 bits per heavy atom. The molecule has 74 valence electrons. The molecule has 0 heterocycles. The summed E-state index contributed by atoms with van der Waals surface area (Å²) in [6, 6.07) is 0. The van der Waals surface area contributed by atoms with Crippen LogP contribution in [-0.2, 0) is 9.53 Å². The van der Waals surface area contributed by atoms with Crippen LogP contribution in [0.1, 0.15) is 27.2 Å². The zero-order valence-electron chi connectivity index (χ0n) is 8.15. The summed E-state index contributed by atoms with van der Waals surface area (Å²) >= 11 is 0. The fraction of sp³-hybridized carbons (Fsp3) is 0.875. The number of carbonyl (C=O) groups excluding carboxylic acids is 1. The second-order valence-corrected chi connectivity index (χ2v) is 4.45. The van der Waals surface area contributed by atoms with Gasteiger partial charge in [0, 0.05) is 5.82 Å². The van der Waals surface area contributed by atoms with Crippen molar-refractivity contribution in [3.05, 3.63) is 0 Å². The maximum absolute atomic E-state index is 11.3. The first kappa shape index (κ1) is 10.5. The molecule has 1 aliphatic rings. The third-order valence-electron chi connectivity index (χ3n) is 1.93. The molecule has 1 saturated carbocycles. The Balaban J connectivity index is 2.36. The van der Waals surface area contributed by atoms with Gasteiger partial charge in [0.25, 0.3) is 0 Å². The van der Waals surface area contributed by atoms with E-state index < -0.39 is 12.7 Å². The van der Waals surface area contributed by atoms with Crippen LogP contribution >= 0.6 is 0 Å². The van der Waals surface area contributed by atoms with Crippen molar-refractivity contribution in [3.63, 3.8) is 0 Å². The minimum atomic E-state index is -1.39. The first-order valence-electron chi connectivity index (χ1n) is 4.40. The fourth-order valence-corrected chi connectivity index (χ4v) is 1.19. The summed E-state index contributed by atoms with van der Waals surface area (Å²) in [5, 5.41) is 17.5. The highest BCUT2D eigenvalue weighted by molar-refractivity contribution is 6.45. The molecule has 13 heavy (non-hydrogen) atoms. The molecule has 0 spiro atoms. The van der Waals surface area contributed by atoms with Crippen molar-refractivity contribution in [2.75, 3.05) is 0 Å². The molecular formula is C8H15BO4. The lowest BCUT2D eigenvalue weighted by Crippen LogP contribution is -2.26. The Kier molecular flexibility index (Phi) is 2.68. The summed E-state index contributed by atoms with van der Waals surface area (Å²) in [5.41, 5.74) is -0.495. The van der Waals surface area contributed by atoms with Crippen molar-refractivity contribution < 1.29 is 19.6 Å². The van der Waals surface area contributed by atoms with Crippen LogP contribution in [0.25, 0.3) is 0 Å². The van der Waals surface area contributed by atoms with Gasteiger partial charge in [-0.1, -0.05) is 0 Å². The number of carbonyl (C=O) groups is 1.